The predicted octanol–water partition coefficient (Wildman–Crippen LogP) is 2.60. The van der Waals surface area contributed by atoms with Crippen LogP contribution >= 0.6 is 0 Å². The maximum atomic E-state index is 10.0. The van der Waals surface area contributed by atoms with E-state index in [1.807, 2.05) is 0 Å². The second kappa shape index (κ2) is 5.11. The van der Waals surface area contributed by atoms with Gasteiger partial charge in [-0.25, -0.2) is 0 Å². The number of allylic oxidation sites excluding steroid dienone is 1. The monoisotopic (exact) mass is 238 g/mol. The smallest absolute Gasteiger partial charge is 0.0571 e. The molecular formula is C15H26O2. The van der Waals surface area contributed by atoms with Crippen LogP contribution in [0.2, 0.25) is 0 Å². The highest BCUT2D eigenvalue weighted by Crippen LogP contribution is 2.49. The number of hydrogen-bond acceptors (Lipinski definition) is 2. The maximum Gasteiger partial charge on any atom is 0.0571 e. The third-order valence-corrected chi connectivity index (χ3v) is 5.21. The summed E-state index contributed by atoms with van der Waals surface area (Å²) in [5, 5.41) is 19.4. The number of fused-ring (bicyclic) bond motifs is 1. The van der Waals surface area contributed by atoms with Crippen molar-refractivity contribution in [2.75, 3.05) is 6.61 Å². The first-order chi connectivity index (χ1) is 8.04. The first-order valence-electron chi connectivity index (χ1n) is 7.01. The lowest BCUT2D eigenvalue weighted by atomic mass is 9.58. The minimum Gasteiger partial charge on any atom is -0.396 e. The molecule has 2 heteroatoms. The van der Waals surface area contributed by atoms with Crippen LogP contribution in [0.4, 0.5) is 0 Å². The summed E-state index contributed by atoms with van der Waals surface area (Å²) >= 11 is 0. The van der Waals surface area contributed by atoms with E-state index in [1.165, 1.54) is 12.0 Å². The molecule has 2 rings (SSSR count). The summed E-state index contributed by atoms with van der Waals surface area (Å²) in [6, 6.07) is 0. The molecule has 0 aromatic heterocycles. The molecule has 0 unspecified atom stereocenters. The minimum absolute atomic E-state index is 0.156. The van der Waals surface area contributed by atoms with Gasteiger partial charge in [-0.2, -0.15) is 0 Å². The van der Waals surface area contributed by atoms with E-state index >= 15 is 0 Å². The molecule has 0 aromatic carbocycles. The summed E-state index contributed by atoms with van der Waals surface area (Å²) in [6.45, 7) is 8.80. The molecule has 2 aliphatic carbocycles. The molecule has 0 bridgehead atoms. The fraction of sp³-hybridized carbons (Fsp3) is 0.867. The van der Waals surface area contributed by atoms with Crippen molar-refractivity contribution in [3.8, 4) is 0 Å². The van der Waals surface area contributed by atoms with Crippen LogP contribution in [0.15, 0.2) is 12.2 Å². The van der Waals surface area contributed by atoms with Crippen LogP contribution in [-0.2, 0) is 0 Å². The Labute approximate surface area is 105 Å². The topological polar surface area (TPSA) is 40.5 Å². The molecule has 2 saturated carbocycles. The van der Waals surface area contributed by atoms with Crippen molar-refractivity contribution in [1.29, 1.82) is 0 Å². The zero-order chi connectivity index (χ0) is 12.6. The van der Waals surface area contributed by atoms with E-state index in [4.69, 9.17) is 0 Å². The van der Waals surface area contributed by atoms with Gasteiger partial charge in [-0.3, -0.25) is 0 Å². The van der Waals surface area contributed by atoms with Crippen molar-refractivity contribution in [1.82, 2.24) is 0 Å². The summed E-state index contributed by atoms with van der Waals surface area (Å²) in [5.74, 6) is 2.53. The quantitative estimate of drug-likeness (QED) is 0.726. The van der Waals surface area contributed by atoms with E-state index in [2.05, 4.69) is 20.4 Å². The third kappa shape index (κ3) is 2.43. The highest BCUT2D eigenvalue weighted by Gasteiger charge is 2.43. The van der Waals surface area contributed by atoms with E-state index < -0.39 is 0 Å². The summed E-state index contributed by atoms with van der Waals surface area (Å²) < 4.78 is 0. The summed E-state index contributed by atoms with van der Waals surface area (Å²) in [7, 11) is 0. The van der Waals surface area contributed by atoms with Gasteiger partial charge in [0.1, 0.15) is 0 Å². The lowest BCUT2D eigenvalue weighted by molar-refractivity contribution is -0.0136. The number of hydrogen-bond donors (Lipinski definition) is 2. The Bertz CT molecular complexity index is 287. The third-order valence-electron chi connectivity index (χ3n) is 5.21. The molecule has 2 N–H and O–H groups in total. The van der Waals surface area contributed by atoms with Crippen LogP contribution in [0.5, 0.6) is 0 Å². The summed E-state index contributed by atoms with van der Waals surface area (Å²) in [4.78, 5) is 0. The molecule has 2 fully saturated rings. The molecule has 2 nitrogen and oxygen atoms in total. The van der Waals surface area contributed by atoms with Gasteiger partial charge >= 0.3 is 0 Å². The Morgan fingerprint density at radius 3 is 2.76 bits per heavy atom. The Hall–Kier alpha value is -0.340. The number of rotatable bonds is 2. The standard InChI is InChI=1S/C15H26O2/c1-9-4-5-12(11(3)8-16)14-6-10(2)15(17)7-13(9)14/h10-17H,1,4-8H2,2-3H3/t10-,11-,12+,13+,14+,15+/m1/s1. The van der Waals surface area contributed by atoms with Crippen molar-refractivity contribution < 1.29 is 10.2 Å². The number of aliphatic hydroxyl groups is 2. The lowest BCUT2D eigenvalue weighted by Gasteiger charge is -2.48. The molecule has 6 atom stereocenters. The SMILES string of the molecule is C=C1CC[C@@H]([C@H](C)CO)[C@@H]2C[C@@H](C)[C@@H](O)C[C@@H]12. The molecule has 0 heterocycles. The van der Waals surface area contributed by atoms with E-state index in [9.17, 15) is 10.2 Å². The summed E-state index contributed by atoms with van der Waals surface area (Å²) in [6.07, 6.45) is 4.08. The van der Waals surface area contributed by atoms with Gasteiger partial charge in [-0.15, -0.1) is 0 Å². The Kier molecular flexibility index (Phi) is 3.94. The van der Waals surface area contributed by atoms with Gasteiger partial charge in [-0.05, 0) is 55.3 Å². The van der Waals surface area contributed by atoms with Crippen LogP contribution in [0, 0.1) is 29.6 Å². The van der Waals surface area contributed by atoms with Gasteiger partial charge in [0, 0.05) is 6.61 Å². The second-order valence-corrected chi connectivity index (χ2v) is 6.31. The van der Waals surface area contributed by atoms with Crippen LogP contribution in [0.3, 0.4) is 0 Å². The van der Waals surface area contributed by atoms with Crippen molar-refractivity contribution >= 4 is 0 Å². The van der Waals surface area contributed by atoms with Crippen LogP contribution in [-0.4, -0.2) is 22.9 Å². The molecule has 0 amide bonds. The van der Waals surface area contributed by atoms with E-state index in [1.54, 1.807) is 0 Å². The average molecular weight is 238 g/mol. The normalized spacial score (nSPS) is 44.2. The maximum absolute atomic E-state index is 10.0. The van der Waals surface area contributed by atoms with Gasteiger partial charge in [-0.1, -0.05) is 26.0 Å². The minimum atomic E-state index is -0.156. The Morgan fingerprint density at radius 2 is 2.12 bits per heavy atom. The van der Waals surface area contributed by atoms with Crippen LogP contribution in [0.25, 0.3) is 0 Å². The zero-order valence-electron chi connectivity index (χ0n) is 11.1. The van der Waals surface area contributed by atoms with Crippen LogP contribution < -0.4 is 0 Å². The van der Waals surface area contributed by atoms with Crippen LogP contribution in [0.1, 0.15) is 39.5 Å². The van der Waals surface area contributed by atoms with Gasteiger partial charge in [0.05, 0.1) is 6.10 Å². The molecule has 0 radical (unpaired) electrons. The lowest BCUT2D eigenvalue weighted by Crippen LogP contribution is -2.43. The van der Waals surface area contributed by atoms with Gasteiger partial charge in [0.15, 0.2) is 0 Å². The van der Waals surface area contributed by atoms with Crippen molar-refractivity contribution in [3.63, 3.8) is 0 Å². The van der Waals surface area contributed by atoms with E-state index in [0.717, 1.165) is 19.3 Å². The molecule has 2 aliphatic rings. The molecule has 0 aromatic rings. The first kappa shape index (κ1) is 13.1. The van der Waals surface area contributed by atoms with E-state index in [0.29, 0.717) is 29.6 Å². The largest absolute Gasteiger partial charge is 0.396 e. The second-order valence-electron chi connectivity index (χ2n) is 6.31. The molecule has 0 spiro atoms. The highest BCUT2D eigenvalue weighted by atomic mass is 16.3. The predicted molar refractivity (Wildman–Crippen MR) is 69.5 cm³/mol. The summed E-state index contributed by atoms with van der Waals surface area (Å²) in [5.41, 5.74) is 1.34. The Balaban J connectivity index is 2.15. The average Bonchev–Trinajstić information content (AvgIpc) is 2.31. The molecule has 0 aliphatic heterocycles. The molecule has 17 heavy (non-hydrogen) atoms. The molecule has 98 valence electrons. The van der Waals surface area contributed by atoms with E-state index in [-0.39, 0.29) is 12.7 Å². The van der Waals surface area contributed by atoms with Crippen molar-refractivity contribution in [2.24, 2.45) is 29.6 Å². The first-order valence-corrected chi connectivity index (χ1v) is 7.01. The van der Waals surface area contributed by atoms with Crippen molar-refractivity contribution in [3.05, 3.63) is 12.2 Å². The van der Waals surface area contributed by atoms with Crippen molar-refractivity contribution in [2.45, 2.75) is 45.6 Å². The van der Waals surface area contributed by atoms with Gasteiger partial charge < -0.3 is 10.2 Å². The molecule has 0 saturated heterocycles. The fourth-order valence-electron chi connectivity index (χ4n) is 3.95. The zero-order valence-corrected chi connectivity index (χ0v) is 11.1. The van der Waals surface area contributed by atoms with Gasteiger partial charge in [0.2, 0.25) is 0 Å². The highest BCUT2D eigenvalue weighted by molar-refractivity contribution is 5.11. The molecular weight excluding hydrogens is 212 g/mol. The Morgan fingerprint density at radius 1 is 1.41 bits per heavy atom. The van der Waals surface area contributed by atoms with Gasteiger partial charge in [0.25, 0.3) is 0 Å². The fourth-order valence-corrected chi connectivity index (χ4v) is 3.95. The number of aliphatic hydroxyl groups excluding tert-OH is 2.